The molecule has 0 fully saturated rings. The largest absolute Gasteiger partial charge is 0.326 e. The van der Waals surface area contributed by atoms with Gasteiger partial charge in [-0.1, -0.05) is 54.7 Å². The van der Waals surface area contributed by atoms with Crippen molar-refractivity contribution in [2.24, 2.45) is 0 Å². The van der Waals surface area contributed by atoms with Gasteiger partial charge in [-0.25, -0.2) is 16.8 Å². The van der Waals surface area contributed by atoms with Crippen LogP contribution in [0.5, 0.6) is 0 Å². The van der Waals surface area contributed by atoms with Gasteiger partial charge in [0.1, 0.15) is 0 Å². The number of anilines is 4. The maximum Gasteiger partial charge on any atom is 0.261 e. The third-order valence-corrected chi connectivity index (χ3v) is 11.3. The zero-order valence-corrected chi connectivity index (χ0v) is 31.8. The molecule has 0 aliphatic carbocycles. The number of sulfonamides is 2. The van der Waals surface area contributed by atoms with Gasteiger partial charge in [0.05, 0.1) is 21.2 Å². The number of unbranched alkanes of at least 4 members (excludes halogenated alkanes) is 4. The molecular weight excluding hydrogens is 685 g/mol. The summed E-state index contributed by atoms with van der Waals surface area (Å²) in [6.07, 6.45) is 4.59. The summed E-state index contributed by atoms with van der Waals surface area (Å²) in [4.78, 5) is 25.1. The summed E-state index contributed by atoms with van der Waals surface area (Å²) < 4.78 is 57.2. The number of rotatable bonds is 16. The van der Waals surface area contributed by atoms with E-state index in [-0.39, 0.29) is 21.6 Å². The smallest absolute Gasteiger partial charge is 0.261 e. The SMILES string of the molecule is Cc1cc(C)c(NS(=O)(=O)c2ccc(NC(=O)CCCCCCCC(=O)Nc3ccc(S(=O)(=O)Nc4c(C)cc(C)cc4C)cc3)cc2)c(C)c1. The molecule has 51 heavy (non-hydrogen) atoms. The van der Waals surface area contributed by atoms with Gasteiger partial charge in [-0.3, -0.25) is 19.0 Å². The number of benzene rings is 4. The van der Waals surface area contributed by atoms with Crippen LogP contribution in [0.2, 0.25) is 0 Å². The minimum Gasteiger partial charge on any atom is -0.326 e. The summed E-state index contributed by atoms with van der Waals surface area (Å²) in [7, 11) is -7.58. The summed E-state index contributed by atoms with van der Waals surface area (Å²) in [6, 6.07) is 19.9. The van der Waals surface area contributed by atoms with E-state index in [1.54, 1.807) is 24.3 Å². The van der Waals surface area contributed by atoms with Gasteiger partial charge in [-0.05, 0) is 125 Å². The van der Waals surface area contributed by atoms with E-state index in [4.69, 9.17) is 0 Å². The summed E-state index contributed by atoms with van der Waals surface area (Å²) in [5.74, 6) is -0.298. The zero-order valence-electron chi connectivity index (χ0n) is 30.1. The molecular formula is C39H48N4O6S2. The van der Waals surface area contributed by atoms with Gasteiger partial charge in [0.25, 0.3) is 20.0 Å². The molecule has 0 saturated heterocycles. The van der Waals surface area contributed by atoms with Gasteiger partial charge in [-0.2, -0.15) is 0 Å². The van der Waals surface area contributed by atoms with Crippen LogP contribution in [0.4, 0.5) is 22.7 Å². The summed E-state index contributed by atoms with van der Waals surface area (Å²) in [6.45, 7) is 11.4. The summed E-state index contributed by atoms with van der Waals surface area (Å²) >= 11 is 0. The quantitative estimate of drug-likeness (QED) is 0.0850. The normalized spacial score (nSPS) is 11.6. The average Bonchev–Trinajstić information content (AvgIpc) is 3.04. The molecule has 0 aromatic heterocycles. The van der Waals surface area contributed by atoms with Crippen LogP contribution in [-0.2, 0) is 29.6 Å². The predicted octanol–water partition coefficient (Wildman–Crippen LogP) is 8.45. The first-order chi connectivity index (χ1) is 24.0. The van der Waals surface area contributed by atoms with Crippen LogP contribution in [-0.4, -0.2) is 28.6 Å². The lowest BCUT2D eigenvalue weighted by atomic mass is 10.1. The van der Waals surface area contributed by atoms with E-state index in [2.05, 4.69) is 20.1 Å². The van der Waals surface area contributed by atoms with E-state index in [1.165, 1.54) is 24.3 Å². The highest BCUT2D eigenvalue weighted by molar-refractivity contribution is 7.93. The number of nitrogens with one attached hydrogen (secondary N) is 4. The molecule has 0 heterocycles. The van der Waals surface area contributed by atoms with Crippen LogP contribution in [0.1, 0.15) is 78.3 Å². The van der Waals surface area contributed by atoms with Crippen LogP contribution in [0.3, 0.4) is 0 Å². The van der Waals surface area contributed by atoms with Gasteiger partial charge in [0.15, 0.2) is 0 Å². The van der Waals surface area contributed by atoms with E-state index in [9.17, 15) is 26.4 Å². The zero-order chi connectivity index (χ0) is 37.3. The van der Waals surface area contributed by atoms with Crippen molar-refractivity contribution in [1.82, 2.24) is 0 Å². The molecule has 0 unspecified atom stereocenters. The molecule has 0 radical (unpaired) electrons. The third-order valence-electron chi connectivity index (χ3n) is 8.53. The van der Waals surface area contributed by atoms with Gasteiger partial charge in [0, 0.05) is 24.2 Å². The number of hydrogen-bond acceptors (Lipinski definition) is 6. The van der Waals surface area contributed by atoms with Crippen molar-refractivity contribution in [2.45, 2.75) is 96.3 Å². The van der Waals surface area contributed by atoms with Gasteiger partial charge < -0.3 is 10.6 Å². The van der Waals surface area contributed by atoms with Crippen molar-refractivity contribution in [2.75, 3.05) is 20.1 Å². The second kappa shape index (κ2) is 17.0. The van der Waals surface area contributed by atoms with Crippen molar-refractivity contribution in [3.63, 3.8) is 0 Å². The van der Waals surface area contributed by atoms with E-state index in [0.717, 1.165) is 52.6 Å². The number of carbonyl (C=O) groups is 2. The molecule has 4 N–H and O–H groups in total. The second-order valence-corrected chi connectivity index (χ2v) is 16.5. The molecule has 4 aromatic carbocycles. The Labute approximate surface area is 302 Å². The fourth-order valence-corrected chi connectivity index (χ4v) is 8.46. The summed E-state index contributed by atoms with van der Waals surface area (Å²) in [5.41, 5.74) is 7.68. The van der Waals surface area contributed by atoms with E-state index in [0.29, 0.717) is 48.4 Å². The Bertz CT molecular complexity index is 1900. The van der Waals surface area contributed by atoms with E-state index >= 15 is 0 Å². The van der Waals surface area contributed by atoms with Crippen molar-refractivity contribution in [3.8, 4) is 0 Å². The van der Waals surface area contributed by atoms with Crippen molar-refractivity contribution < 1.29 is 26.4 Å². The first kappa shape index (κ1) is 39.1. The molecule has 0 bridgehead atoms. The molecule has 0 saturated carbocycles. The summed E-state index contributed by atoms with van der Waals surface area (Å²) in [5, 5.41) is 5.64. The number of hydrogen-bond donors (Lipinski definition) is 4. The number of carbonyl (C=O) groups excluding carboxylic acids is 2. The lowest BCUT2D eigenvalue weighted by Crippen LogP contribution is -2.15. The first-order valence-corrected chi connectivity index (χ1v) is 20.0. The minimum absolute atomic E-state index is 0.106. The Balaban J connectivity index is 1.12. The molecule has 4 rings (SSSR count). The topological polar surface area (TPSA) is 151 Å². The second-order valence-electron chi connectivity index (χ2n) is 13.2. The van der Waals surface area contributed by atoms with E-state index in [1.807, 2.05) is 65.8 Å². The van der Waals surface area contributed by atoms with Crippen LogP contribution >= 0.6 is 0 Å². The Hall–Kier alpha value is -4.68. The lowest BCUT2D eigenvalue weighted by molar-refractivity contribution is -0.117. The molecule has 2 amide bonds. The third kappa shape index (κ3) is 11.2. The van der Waals surface area contributed by atoms with Crippen LogP contribution in [0, 0.1) is 41.5 Å². The highest BCUT2D eigenvalue weighted by Crippen LogP contribution is 2.27. The van der Waals surface area contributed by atoms with E-state index < -0.39 is 20.0 Å². The molecule has 4 aromatic rings. The van der Waals surface area contributed by atoms with Crippen molar-refractivity contribution in [3.05, 3.63) is 106 Å². The highest BCUT2D eigenvalue weighted by atomic mass is 32.2. The predicted molar refractivity (Wildman–Crippen MR) is 205 cm³/mol. The number of amides is 2. The van der Waals surface area contributed by atoms with Gasteiger partial charge >= 0.3 is 0 Å². The van der Waals surface area contributed by atoms with Crippen LogP contribution < -0.4 is 20.1 Å². The average molecular weight is 733 g/mol. The standard InChI is InChI=1S/C39H48N4O6S2/c1-26-22-28(3)38(29(4)23-26)42-50(46,47)34-18-14-32(15-19-34)40-36(44)12-10-8-7-9-11-13-37(45)41-33-16-20-35(21-17-33)51(48,49)43-39-30(5)24-27(2)25-31(39)6/h14-25,42-43H,7-13H2,1-6H3,(H,40,44)(H,41,45). The molecule has 0 aliphatic heterocycles. The molecule has 0 aliphatic rings. The molecule has 0 spiro atoms. The van der Waals surface area contributed by atoms with Crippen molar-refractivity contribution >= 4 is 54.6 Å². The maximum atomic E-state index is 13.0. The fraction of sp³-hybridized carbons (Fsp3) is 0.333. The fourth-order valence-electron chi connectivity index (χ4n) is 6.05. The molecule has 12 heteroatoms. The first-order valence-electron chi connectivity index (χ1n) is 17.1. The van der Waals surface area contributed by atoms with Gasteiger partial charge in [0.2, 0.25) is 11.8 Å². The minimum atomic E-state index is -3.79. The monoisotopic (exact) mass is 732 g/mol. The van der Waals surface area contributed by atoms with Crippen LogP contribution in [0.25, 0.3) is 0 Å². The Morgan fingerprint density at radius 1 is 0.471 bits per heavy atom. The van der Waals surface area contributed by atoms with Crippen molar-refractivity contribution in [1.29, 1.82) is 0 Å². The Kier molecular flexibility index (Phi) is 13.1. The molecule has 10 nitrogen and oxygen atoms in total. The molecule has 0 atom stereocenters. The molecule has 272 valence electrons. The lowest BCUT2D eigenvalue weighted by Gasteiger charge is -2.14. The maximum absolute atomic E-state index is 13.0. The Morgan fingerprint density at radius 3 is 1.08 bits per heavy atom. The Morgan fingerprint density at radius 2 is 0.765 bits per heavy atom. The van der Waals surface area contributed by atoms with Gasteiger partial charge in [-0.15, -0.1) is 0 Å². The highest BCUT2D eigenvalue weighted by Gasteiger charge is 2.19. The number of aryl methyl sites for hydroxylation is 6. The van der Waals surface area contributed by atoms with Crippen LogP contribution in [0.15, 0.2) is 82.6 Å².